The van der Waals surface area contributed by atoms with Gasteiger partial charge in [-0.3, -0.25) is 9.88 Å². The van der Waals surface area contributed by atoms with E-state index < -0.39 is 0 Å². The molecule has 0 N–H and O–H groups in total. The summed E-state index contributed by atoms with van der Waals surface area (Å²) in [5, 5.41) is 13.9. The van der Waals surface area contributed by atoms with E-state index in [9.17, 15) is 5.26 Å². The average Bonchev–Trinajstić information content (AvgIpc) is 3.30. The van der Waals surface area contributed by atoms with E-state index in [1.54, 1.807) is 10.7 Å². The second kappa shape index (κ2) is 8.67. The molecule has 2 bridgehead atoms. The Labute approximate surface area is 204 Å². The van der Waals surface area contributed by atoms with Crippen molar-refractivity contribution in [3.8, 4) is 22.9 Å². The highest BCUT2D eigenvalue weighted by molar-refractivity contribution is 5.85. The third-order valence-electron chi connectivity index (χ3n) is 7.04. The maximum absolute atomic E-state index is 9.58. The van der Waals surface area contributed by atoms with Gasteiger partial charge in [-0.1, -0.05) is 6.07 Å². The van der Waals surface area contributed by atoms with Gasteiger partial charge in [-0.25, -0.2) is 9.50 Å². The third-order valence-corrected chi connectivity index (χ3v) is 7.04. The Bertz CT molecular complexity index is 1410. The predicted molar refractivity (Wildman–Crippen MR) is 133 cm³/mol. The molecule has 2 unspecified atom stereocenters. The van der Waals surface area contributed by atoms with Gasteiger partial charge in [0.15, 0.2) is 0 Å². The van der Waals surface area contributed by atoms with Crippen molar-refractivity contribution in [3.05, 3.63) is 71.9 Å². The van der Waals surface area contributed by atoms with E-state index in [1.807, 2.05) is 37.8 Å². The van der Waals surface area contributed by atoms with E-state index in [0.29, 0.717) is 30.0 Å². The summed E-state index contributed by atoms with van der Waals surface area (Å²) in [7, 11) is 0. The number of aryl methyl sites for hydroxylation is 1. The number of aromatic nitrogens is 4. The molecule has 2 atom stereocenters. The molecule has 0 aromatic carbocycles. The number of anilines is 1. The lowest BCUT2D eigenvalue weighted by atomic mass is 9.87. The first-order valence-electron chi connectivity index (χ1n) is 12.0. The van der Waals surface area contributed by atoms with Gasteiger partial charge in [-0.15, -0.1) is 0 Å². The topological polar surface area (TPSA) is 82.6 Å². The van der Waals surface area contributed by atoms with Crippen LogP contribution in [-0.2, 0) is 6.54 Å². The Kier molecular flexibility index (Phi) is 5.34. The molecule has 3 saturated heterocycles. The Morgan fingerprint density at radius 2 is 1.97 bits per heavy atom. The Morgan fingerprint density at radius 3 is 2.69 bits per heavy atom. The molecule has 8 nitrogen and oxygen atoms in total. The summed E-state index contributed by atoms with van der Waals surface area (Å²) in [6.45, 7) is 7.52. The van der Waals surface area contributed by atoms with E-state index in [0.717, 1.165) is 42.1 Å². The molecular formula is C27H27N7O. The zero-order valence-electron chi connectivity index (χ0n) is 19.9. The maximum Gasteiger partial charge on any atom is 0.138 e. The first kappa shape index (κ1) is 21.6. The minimum atomic E-state index is 0.534. The SMILES string of the molecule is CCOc1cc(-c2ccc(N3CC4CC(C3)N4Cc3cncc(C)c3)nc2)c2c(C#N)cnn2c1. The lowest BCUT2D eigenvalue weighted by molar-refractivity contribution is -0.00876. The first-order valence-corrected chi connectivity index (χ1v) is 12.0. The standard InChI is InChI=1S/C27H27N7O/c1-3-35-24-8-25(27-21(9-28)13-31-34(27)17-24)20-4-5-26(30-12-20)32-15-22-7-23(16-32)33(22)14-19-6-18(2)10-29-11-19/h4-6,8,10-13,17,22-23H,3,7,14-16H2,1-2H3. The molecule has 4 aromatic rings. The fourth-order valence-corrected chi connectivity index (χ4v) is 5.42. The second-order valence-electron chi connectivity index (χ2n) is 9.38. The molecule has 0 saturated carbocycles. The van der Waals surface area contributed by atoms with Crippen molar-refractivity contribution in [2.45, 2.75) is 38.9 Å². The van der Waals surface area contributed by atoms with Gasteiger partial charge in [-0.2, -0.15) is 10.4 Å². The number of hydrogen-bond donors (Lipinski definition) is 0. The number of ether oxygens (including phenoxy) is 1. The van der Waals surface area contributed by atoms with Gasteiger partial charge < -0.3 is 9.64 Å². The number of nitriles is 1. The van der Waals surface area contributed by atoms with Crippen LogP contribution in [0.3, 0.4) is 0 Å². The zero-order chi connectivity index (χ0) is 23.9. The van der Waals surface area contributed by atoms with Crippen LogP contribution in [0.25, 0.3) is 16.6 Å². The molecule has 3 aliphatic heterocycles. The van der Waals surface area contributed by atoms with Crippen molar-refractivity contribution in [1.29, 1.82) is 5.26 Å². The van der Waals surface area contributed by atoms with Gasteiger partial charge >= 0.3 is 0 Å². The van der Waals surface area contributed by atoms with E-state index in [1.165, 1.54) is 17.5 Å². The molecule has 7 heterocycles. The summed E-state index contributed by atoms with van der Waals surface area (Å²) in [6, 6.07) is 11.7. The summed E-state index contributed by atoms with van der Waals surface area (Å²) in [4.78, 5) is 14.2. The van der Waals surface area contributed by atoms with Crippen molar-refractivity contribution in [3.63, 3.8) is 0 Å². The van der Waals surface area contributed by atoms with Crippen molar-refractivity contribution >= 4 is 11.3 Å². The van der Waals surface area contributed by atoms with Crippen molar-refractivity contribution in [1.82, 2.24) is 24.5 Å². The summed E-state index contributed by atoms with van der Waals surface area (Å²) in [5.74, 6) is 1.71. The van der Waals surface area contributed by atoms with E-state index in [2.05, 4.69) is 51.1 Å². The molecule has 176 valence electrons. The zero-order valence-corrected chi connectivity index (χ0v) is 19.9. The summed E-state index contributed by atoms with van der Waals surface area (Å²) in [6.07, 6.45) is 10.4. The summed E-state index contributed by atoms with van der Waals surface area (Å²) < 4.78 is 7.44. The quantitative estimate of drug-likeness (QED) is 0.428. The van der Waals surface area contributed by atoms with Crippen LogP contribution in [0.5, 0.6) is 5.75 Å². The van der Waals surface area contributed by atoms with Crippen LogP contribution >= 0.6 is 0 Å². The number of nitrogens with zero attached hydrogens (tertiary/aromatic N) is 7. The Hall–Kier alpha value is -3.96. The van der Waals surface area contributed by atoms with Gasteiger partial charge in [0.25, 0.3) is 0 Å². The molecular weight excluding hydrogens is 438 g/mol. The number of pyridine rings is 3. The van der Waals surface area contributed by atoms with Gasteiger partial charge in [0.2, 0.25) is 0 Å². The largest absolute Gasteiger partial charge is 0.492 e. The Balaban J connectivity index is 1.22. The molecule has 0 radical (unpaired) electrons. The van der Waals surface area contributed by atoms with E-state index in [-0.39, 0.29) is 0 Å². The molecule has 8 heteroatoms. The monoisotopic (exact) mass is 465 g/mol. The van der Waals surface area contributed by atoms with Crippen LogP contribution in [0.4, 0.5) is 5.82 Å². The van der Waals surface area contributed by atoms with Crippen LogP contribution < -0.4 is 9.64 Å². The minimum Gasteiger partial charge on any atom is -0.492 e. The second-order valence-corrected chi connectivity index (χ2v) is 9.38. The lowest BCUT2D eigenvalue weighted by Gasteiger charge is -2.56. The van der Waals surface area contributed by atoms with Crippen LogP contribution in [0, 0.1) is 18.3 Å². The van der Waals surface area contributed by atoms with Crippen molar-refractivity contribution < 1.29 is 4.74 Å². The average molecular weight is 466 g/mol. The van der Waals surface area contributed by atoms with Crippen LogP contribution in [0.2, 0.25) is 0 Å². The van der Waals surface area contributed by atoms with Crippen LogP contribution in [0.1, 0.15) is 30.0 Å². The molecule has 4 aromatic heterocycles. The Morgan fingerprint density at radius 1 is 1.11 bits per heavy atom. The van der Waals surface area contributed by atoms with Crippen LogP contribution in [-0.4, -0.2) is 56.3 Å². The number of piperazine rings is 1. The summed E-state index contributed by atoms with van der Waals surface area (Å²) >= 11 is 0. The van der Waals surface area contributed by atoms with Crippen LogP contribution in [0.15, 0.2) is 55.2 Å². The highest BCUT2D eigenvalue weighted by atomic mass is 16.5. The fraction of sp³-hybridized carbons (Fsp3) is 0.333. The molecule has 0 aliphatic carbocycles. The van der Waals surface area contributed by atoms with Gasteiger partial charge in [0, 0.05) is 61.4 Å². The van der Waals surface area contributed by atoms with Gasteiger partial charge in [0.1, 0.15) is 17.6 Å². The number of hydrogen-bond acceptors (Lipinski definition) is 7. The lowest BCUT2D eigenvalue weighted by Crippen LogP contribution is -2.68. The highest BCUT2D eigenvalue weighted by Crippen LogP contribution is 2.36. The highest BCUT2D eigenvalue weighted by Gasteiger charge is 2.44. The molecule has 7 rings (SSSR count). The fourth-order valence-electron chi connectivity index (χ4n) is 5.42. The minimum absolute atomic E-state index is 0.534. The van der Waals surface area contributed by atoms with Crippen molar-refractivity contribution in [2.75, 3.05) is 24.6 Å². The van der Waals surface area contributed by atoms with E-state index >= 15 is 0 Å². The van der Waals surface area contributed by atoms with Gasteiger partial charge in [0.05, 0.1) is 30.1 Å². The van der Waals surface area contributed by atoms with E-state index in [4.69, 9.17) is 9.72 Å². The molecule has 0 spiro atoms. The maximum atomic E-state index is 9.58. The third kappa shape index (κ3) is 3.88. The predicted octanol–water partition coefficient (Wildman–Crippen LogP) is 3.83. The molecule has 3 aliphatic rings. The van der Waals surface area contributed by atoms with Crippen molar-refractivity contribution in [2.24, 2.45) is 0 Å². The molecule has 0 amide bonds. The molecule has 3 fully saturated rings. The summed E-state index contributed by atoms with van der Waals surface area (Å²) in [5.41, 5.74) is 5.63. The number of piperidine rings is 1. The van der Waals surface area contributed by atoms with Gasteiger partial charge in [-0.05, 0) is 49.6 Å². The normalized spacial score (nSPS) is 19.4. The first-order chi connectivity index (χ1) is 17.1. The number of fused-ring (bicyclic) bond motifs is 3. The molecule has 35 heavy (non-hydrogen) atoms. The smallest absolute Gasteiger partial charge is 0.138 e. The number of rotatable bonds is 6.